The Morgan fingerprint density at radius 3 is 2.48 bits per heavy atom. The van der Waals surface area contributed by atoms with E-state index in [1.165, 1.54) is 18.2 Å². The fourth-order valence-electron chi connectivity index (χ4n) is 2.12. The number of benzene rings is 2. The Kier molecular flexibility index (Phi) is 6.19. The van der Waals surface area contributed by atoms with Crippen LogP contribution in [0, 0.1) is 11.8 Å². The lowest BCUT2D eigenvalue weighted by Gasteiger charge is -2.11. The van der Waals surface area contributed by atoms with Crippen LogP contribution in [0.4, 0.5) is 0 Å². The van der Waals surface area contributed by atoms with Gasteiger partial charge in [0.25, 0.3) is 0 Å². The molecule has 128 valence electrons. The molecule has 0 bridgehead atoms. The first kappa shape index (κ1) is 18.1. The highest BCUT2D eigenvalue weighted by Crippen LogP contribution is 2.29. The molecule has 0 atom stereocenters. The average molecular weight is 338 g/mol. The van der Waals surface area contributed by atoms with Crippen LogP contribution in [0.5, 0.6) is 11.5 Å². The topological polar surface area (TPSA) is 83.8 Å². The summed E-state index contributed by atoms with van der Waals surface area (Å²) in [6.45, 7) is 2.08. The zero-order valence-corrected chi connectivity index (χ0v) is 13.8. The van der Waals surface area contributed by atoms with Gasteiger partial charge in [-0.1, -0.05) is 37.3 Å². The molecule has 0 fully saturated rings. The molecule has 2 aromatic carbocycles. The lowest BCUT2D eigenvalue weighted by atomic mass is 10.1. The maximum absolute atomic E-state index is 11.4. The Hall–Kier alpha value is -3.26. The van der Waals surface area contributed by atoms with Crippen LogP contribution in [0.3, 0.4) is 0 Å². The number of aromatic carboxylic acids is 2. The fourth-order valence-corrected chi connectivity index (χ4v) is 2.12. The second kappa shape index (κ2) is 8.55. The highest BCUT2D eigenvalue weighted by molar-refractivity contribution is 5.94. The molecule has 0 aliphatic heterocycles. The number of hydrogen-bond acceptors (Lipinski definition) is 3. The van der Waals surface area contributed by atoms with Crippen molar-refractivity contribution >= 4 is 11.9 Å². The monoisotopic (exact) mass is 338 g/mol. The molecule has 0 saturated heterocycles. The molecular weight excluding hydrogens is 320 g/mol. The number of rotatable bonds is 6. The zero-order valence-electron chi connectivity index (χ0n) is 13.8. The van der Waals surface area contributed by atoms with Crippen LogP contribution in [0.15, 0.2) is 42.5 Å². The Morgan fingerprint density at radius 2 is 1.80 bits per heavy atom. The fraction of sp³-hybridized carbons (Fsp3) is 0.200. The van der Waals surface area contributed by atoms with Crippen molar-refractivity contribution in [3.05, 3.63) is 59.2 Å². The van der Waals surface area contributed by atoms with Crippen molar-refractivity contribution in [1.29, 1.82) is 0 Å². The first-order valence-electron chi connectivity index (χ1n) is 7.89. The summed E-state index contributed by atoms with van der Waals surface area (Å²) in [6.07, 6.45) is 2.82. The van der Waals surface area contributed by atoms with Crippen molar-refractivity contribution < 1.29 is 24.5 Å². The summed E-state index contributed by atoms with van der Waals surface area (Å²) in [5.74, 6) is 4.07. The van der Waals surface area contributed by atoms with E-state index in [0.29, 0.717) is 11.3 Å². The molecule has 5 heteroatoms. The van der Waals surface area contributed by atoms with Gasteiger partial charge in [0, 0.05) is 6.42 Å². The van der Waals surface area contributed by atoms with Crippen LogP contribution in [0.1, 0.15) is 52.5 Å². The molecule has 2 rings (SSSR count). The van der Waals surface area contributed by atoms with Crippen molar-refractivity contribution in [2.24, 2.45) is 0 Å². The third kappa shape index (κ3) is 4.85. The van der Waals surface area contributed by atoms with Gasteiger partial charge in [0.15, 0.2) is 0 Å². The molecular formula is C20H18O5. The van der Waals surface area contributed by atoms with Crippen LogP contribution in [-0.4, -0.2) is 22.2 Å². The summed E-state index contributed by atoms with van der Waals surface area (Å²) in [5, 5.41) is 18.4. The van der Waals surface area contributed by atoms with Crippen molar-refractivity contribution in [3.63, 3.8) is 0 Å². The third-order valence-electron chi connectivity index (χ3n) is 3.44. The molecule has 25 heavy (non-hydrogen) atoms. The summed E-state index contributed by atoms with van der Waals surface area (Å²) in [4.78, 5) is 22.5. The van der Waals surface area contributed by atoms with Gasteiger partial charge in [0.2, 0.25) is 0 Å². The van der Waals surface area contributed by atoms with Gasteiger partial charge in [-0.25, -0.2) is 9.59 Å². The van der Waals surface area contributed by atoms with Crippen LogP contribution in [0.2, 0.25) is 0 Å². The number of carboxylic acids is 2. The summed E-state index contributed by atoms with van der Waals surface area (Å²) >= 11 is 0. The molecule has 0 heterocycles. The van der Waals surface area contributed by atoms with E-state index in [9.17, 15) is 14.7 Å². The molecule has 0 spiro atoms. The number of unbranched alkanes of at least 4 members (excludes halogenated alkanes) is 2. The van der Waals surface area contributed by atoms with Gasteiger partial charge >= 0.3 is 11.9 Å². The largest absolute Gasteiger partial charge is 0.478 e. The second-order valence-electron chi connectivity index (χ2n) is 5.32. The van der Waals surface area contributed by atoms with E-state index in [-0.39, 0.29) is 16.9 Å². The zero-order chi connectivity index (χ0) is 18.2. The average Bonchev–Trinajstić information content (AvgIpc) is 2.59. The van der Waals surface area contributed by atoms with Crippen molar-refractivity contribution in [2.75, 3.05) is 0 Å². The molecule has 0 amide bonds. The van der Waals surface area contributed by atoms with E-state index in [0.717, 1.165) is 19.3 Å². The van der Waals surface area contributed by atoms with Crippen LogP contribution < -0.4 is 4.74 Å². The third-order valence-corrected chi connectivity index (χ3v) is 3.44. The predicted octanol–water partition coefficient (Wildman–Crippen LogP) is 4.42. The highest BCUT2D eigenvalue weighted by Gasteiger charge is 2.16. The Morgan fingerprint density at radius 1 is 1.04 bits per heavy atom. The minimum Gasteiger partial charge on any atom is -0.478 e. The van der Waals surface area contributed by atoms with Gasteiger partial charge in [-0.15, -0.1) is 0 Å². The second-order valence-corrected chi connectivity index (χ2v) is 5.32. The van der Waals surface area contributed by atoms with Gasteiger partial charge in [0.1, 0.15) is 17.1 Å². The molecule has 0 radical (unpaired) electrons. The molecule has 2 aromatic rings. The van der Waals surface area contributed by atoms with Crippen LogP contribution in [-0.2, 0) is 0 Å². The van der Waals surface area contributed by atoms with Crippen molar-refractivity contribution in [1.82, 2.24) is 0 Å². The van der Waals surface area contributed by atoms with Gasteiger partial charge in [-0.3, -0.25) is 0 Å². The minimum absolute atomic E-state index is 0.0322. The smallest absolute Gasteiger partial charge is 0.339 e. The highest BCUT2D eigenvalue weighted by atomic mass is 16.5. The molecule has 2 N–H and O–H groups in total. The van der Waals surface area contributed by atoms with Gasteiger partial charge in [0.05, 0.1) is 11.1 Å². The molecule has 0 aliphatic carbocycles. The quantitative estimate of drug-likeness (QED) is 0.602. The summed E-state index contributed by atoms with van der Waals surface area (Å²) in [6, 6.07) is 10.6. The van der Waals surface area contributed by atoms with Crippen LogP contribution >= 0.6 is 0 Å². The van der Waals surface area contributed by atoms with E-state index >= 15 is 0 Å². The van der Waals surface area contributed by atoms with Crippen LogP contribution in [0.25, 0.3) is 0 Å². The van der Waals surface area contributed by atoms with E-state index in [4.69, 9.17) is 9.84 Å². The first-order valence-corrected chi connectivity index (χ1v) is 7.89. The Balaban J connectivity index is 2.38. The number of carbonyl (C=O) groups is 2. The van der Waals surface area contributed by atoms with Crippen molar-refractivity contribution in [2.45, 2.75) is 26.2 Å². The summed E-state index contributed by atoms with van der Waals surface area (Å²) in [5.41, 5.74) is 0.459. The van der Waals surface area contributed by atoms with E-state index in [1.54, 1.807) is 18.2 Å². The SMILES string of the molecule is CCCCC#Cc1ccccc1Oc1cc(C(=O)O)ccc1C(=O)O. The van der Waals surface area contributed by atoms with Gasteiger partial charge in [-0.2, -0.15) is 0 Å². The Bertz CT molecular complexity index is 843. The number of carboxylic acid groups (broad SMARTS) is 2. The molecule has 5 nitrogen and oxygen atoms in total. The van der Waals surface area contributed by atoms with E-state index < -0.39 is 11.9 Å². The molecule has 0 unspecified atom stereocenters. The minimum atomic E-state index is -1.20. The predicted molar refractivity (Wildman–Crippen MR) is 93.3 cm³/mol. The lowest BCUT2D eigenvalue weighted by Crippen LogP contribution is -2.04. The summed E-state index contributed by atoms with van der Waals surface area (Å²) < 4.78 is 5.70. The molecule has 0 aliphatic rings. The normalized spacial score (nSPS) is 9.80. The first-order chi connectivity index (χ1) is 12.0. The number of hydrogen-bond donors (Lipinski definition) is 2. The maximum atomic E-state index is 11.4. The Labute approximate surface area is 145 Å². The van der Waals surface area contributed by atoms with E-state index in [2.05, 4.69) is 18.8 Å². The van der Waals surface area contributed by atoms with Gasteiger partial charge < -0.3 is 14.9 Å². The maximum Gasteiger partial charge on any atom is 0.339 e. The standard InChI is InChI=1S/C20H18O5/c1-2-3-4-5-8-14-9-6-7-10-17(14)25-18-13-15(19(21)22)11-12-16(18)20(23)24/h6-7,9-13H,2-4H2,1H3,(H,21,22)(H,23,24). The number of para-hydroxylation sites is 1. The van der Waals surface area contributed by atoms with Crippen molar-refractivity contribution in [3.8, 4) is 23.3 Å². The van der Waals surface area contributed by atoms with E-state index in [1.807, 2.05) is 6.07 Å². The summed E-state index contributed by atoms with van der Waals surface area (Å²) in [7, 11) is 0. The van der Waals surface area contributed by atoms with Gasteiger partial charge in [-0.05, 0) is 36.8 Å². The lowest BCUT2D eigenvalue weighted by molar-refractivity contribution is 0.0678. The molecule has 0 aromatic heterocycles. The number of ether oxygens (including phenoxy) is 1. The molecule has 0 saturated carbocycles.